The van der Waals surface area contributed by atoms with Gasteiger partial charge in [0.15, 0.2) is 0 Å². The normalized spacial score (nSPS) is 15.0. The molecule has 1 amide bonds. The number of hydrogen-bond donors (Lipinski definition) is 2. The summed E-state index contributed by atoms with van der Waals surface area (Å²) in [6.45, 7) is -0.410. The highest BCUT2D eigenvalue weighted by atomic mass is 32.2. The van der Waals surface area contributed by atoms with Gasteiger partial charge in [-0.1, -0.05) is 24.3 Å². The van der Waals surface area contributed by atoms with Crippen molar-refractivity contribution >= 4 is 48.1 Å². The van der Waals surface area contributed by atoms with Crippen LogP contribution in [0.2, 0.25) is 0 Å². The van der Waals surface area contributed by atoms with Crippen molar-refractivity contribution in [2.24, 2.45) is 5.14 Å². The van der Waals surface area contributed by atoms with Gasteiger partial charge in [0.25, 0.3) is 10.0 Å². The van der Waals surface area contributed by atoms with Gasteiger partial charge in [-0.25, -0.2) is 22.0 Å². The molecular weight excluding hydrogens is 402 g/mol. The van der Waals surface area contributed by atoms with Crippen molar-refractivity contribution in [2.45, 2.75) is 9.79 Å². The Bertz CT molecular complexity index is 1310. The molecule has 0 spiro atoms. The largest absolute Gasteiger partial charge is 0.325 e. The van der Waals surface area contributed by atoms with Crippen LogP contribution in [0.1, 0.15) is 0 Å². The number of sulfonamides is 2. The summed E-state index contributed by atoms with van der Waals surface area (Å²) in [5.41, 5.74) is 0.776. The van der Waals surface area contributed by atoms with Crippen LogP contribution in [-0.2, 0) is 24.8 Å². The van der Waals surface area contributed by atoms with Crippen LogP contribution in [0.15, 0.2) is 70.5 Å². The number of anilines is 2. The molecule has 10 heteroatoms. The van der Waals surface area contributed by atoms with Gasteiger partial charge >= 0.3 is 0 Å². The third kappa shape index (κ3) is 3.01. The SMILES string of the molecule is NS(=O)(=O)c1ccc(NC(=O)CN2c3cccc4cccc(c34)S2(=O)=O)cc1. The van der Waals surface area contributed by atoms with Gasteiger partial charge in [0.2, 0.25) is 15.9 Å². The van der Waals surface area contributed by atoms with E-state index >= 15 is 0 Å². The molecule has 3 aromatic rings. The number of nitrogens with one attached hydrogen (secondary N) is 1. The fraction of sp³-hybridized carbons (Fsp3) is 0.0556. The van der Waals surface area contributed by atoms with E-state index in [0.29, 0.717) is 16.8 Å². The zero-order chi connectivity index (χ0) is 20.1. The highest BCUT2D eigenvalue weighted by Gasteiger charge is 2.36. The van der Waals surface area contributed by atoms with E-state index in [0.717, 1.165) is 9.69 Å². The van der Waals surface area contributed by atoms with E-state index < -0.39 is 32.5 Å². The summed E-state index contributed by atoms with van der Waals surface area (Å²) < 4.78 is 49.4. The minimum absolute atomic E-state index is 0.0882. The lowest BCUT2D eigenvalue weighted by Crippen LogP contribution is -2.35. The molecule has 1 aliphatic heterocycles. The number of benzene rings is 3. The summed E-state index contributed by atoms with van der Waals surface area (Å²) in [6, 6.07) is 15.5. The van der Waals surface area contributed by atoms with Crippen LogP contribution in [-0.4, -0.2) is 29.3 Å². The predicted octanol–water partition coefficient (Wildman–Crippen LogP) is 1.63. The van der Waals surface area contributed by atoms with Crippen molar-refractivity contribution in [3.05, 3.63) is 60.7 Å². The molecule has 8 nitrogen and oxygen atoms in total. The van der Waals surface area contributed by atoms with Gasteiger partial charge in [-0.15, -0.1) is 0 Å². The van der Waals surface area contributed by atoms with E-state index in [2.05, 4.69) is 5.32 Å². The first kappa shape index (κ1) is 18.4. The molecule has 0 unspecified atom stereocenters. The fourth-order valence-electron chi connectivity index (χ4n) is 3.19. The zero-order valence-electron chi connectivity index (χ0n) is 14.4. The van der Waals surface area contributed by atoms with E-state index in [1.165, 1.54) is 30.3 Å². The summed E-state index contributed by atoms with van der Waals surface area (Å²) in [7, 11) is -7.67. The first-order valence-corrected chi connectivity index (χ1v) is 11.1. The molecule has 0 saturated carbocycles. The Morgan fingerprint density at radius 1 is 1.00 bits per heavy atom. The minimum atomic E-state index is -3.84. The second-order valence-corrected chi connectivity index (χ2v) is 9.65. The molecule has 0 bridgehead atoms. The van der Waals surface area contributed by atoms with Crippen LogP contribution >= 0.6 is 0 Å². The molecule has 0 aromatic heterocycles. The summed E-state index contributed by atoms with van der Waals surface area (Å²) >= 11 is 0. The highest BCUT2D eigenvalue weighted by molar-refractivity contribution is 7.93. The monoisotopic (exact) mass is 417 g/mol. The molecule has 28 heavy (non-hydrogen) atoms. The van der Waals surface area contributed by atoms with Gasteiger partial charge in [-0.3, -0.25) is 9.10 Å². The van der Waals surface area contributed by atoms with E-state index in [1.807, 2.05) is 12.1 Å². The molecule has 3 aromatic carbocycles. The number of amides is 1. The van der Waals surface area contributed by atoms with E-state index in [-0.39, 0.29) is 9.79 Å². The third-order valence-electron chi connectivity index (χ3n) is 4.44. The molecule has 0 saturated heterocycles. The Labute approximate surface area is 161 Å². The van der Waals surface area contributed by atoms with Crippen LogP contribution in [0.3, 0.4) is 0 Å². The Morgan fingerprint density at radius 2 is 1.64 bits per heavy atom. The second kappa shape index (κ2) is 6.30. The summed E-state index contributed by atoms with van der Waals surface area (Å²) in [4.78, 5) is 12.5. The Morgan fingerprint density at radius 3 is 2.29 bits per heavy atom. The van der Waals surface area contributed by atoms with Crippen molar-refractivity contribution in [3.63, 3.8) is 0 Å². The summed E-state index contributed by atoms with van der Waals surface area (Å²) in [5, 5.41) is 8.97. The van der Waals surface area contributed by atoms with Crippen LogP contribution in [0.4, 0.5) is 11.4 Å². The molecule has 1 heterocycles. The molecule has 4 rings (SSSR count). The summed E-state index contributed by atoms with van der Waals surface area (Å²) in [6.07, 6.45) is 0. The number of primary sulfonamides is 1. The lowest BCUT2D eigenvalue weighted by atomic mass is 10.1. The van der Waals surface area contributed by atoms with Gasteiger partial charge in [0.1, 0.15) is 6.54 Å². The van der Waals surface area contributed by atoms with Crippen molar-refractivity contribution in [3.8, 4) is 0 Å². The van der Waals surface area contributed by atoms with Gasteiger partial charge in [0, 0.05) is 11.1 Å². The molecule has 144 valence electrons. The van der Waals surface area contributed by atoms with Crippen molar-refractivity contribution in [2.75, 3.05) is 16.2 Å². The maximum Gasteiger partial charge on any atom is 0.265 e. The Hall–Kier alpha value is -2.95. The first-order chi connectivity index (χ1) is 13.2. The second-order valence-electron chi connectivity index (χ2n) is 6.26. The lowest BCUT2D eigenvalue weighted by Gasteiger charge is -2.18. The average molecular weight is 417 g/mol. The van der Waals surface area contributed by atoms with E-state index in [9.17, 15) is 21.6 Å². The highest BCUT2D eigenvalue weighted by Crippen LogP contribution is 2.41. The maximum absolute atomic E-state index is 12.9. The molecule has 0 atom stereocenters. The number of carbonyl (C=O) groups excluding carboxylic acids is 1. The first-order valence-electron chi connectivity index (χ1n) is 8.15. The summed E-state index contributed by atoms with van der Waals surface area (Å²) in [5.74, 6) is -0.559. The van der Waals surface area contributed by atoms with Crippen LogP contribution in [0, 0.1) is 0 Å². The maximum atomic E-state index is 12.9. The zero-order valence-corrected chi connectivity index (χ0v) is 16.0. The standard InChI is InChI=1S/C18H15N3O5S2/c19-27(23,24)14-9-7-13(8-10-14)20-17(22)11-21-15-5-1-3-12-4-2-6-16(18(12)15)28(21,25)26/h1-10H,11H2,(H,20,22)(H2,19,23,24). The Balaban J connectivity index is 1.60. The smallest absolute Gasteiger partial charge is 0.265 e. The van der Waals surface area contributed by atoms with Gasteiger partial charge < -0.3 is 5.32 Å². The fourth-order valence-corrected chi connectivity index (χ4v) is 5.37. The molecular formula is C18H15N3O5S2. The predicted molar refractivity (Wildman–Crippen MR) is 105 cm³/mol. The van der Waals surface area contributed by atoms with Crippen LogP contribution < -0.4 is 14.8 Å². The minimum Gasteiger partial charge on any atom is -0.325 e. The van der Waals surface area contributed by atoms with E-state index in [1.54, 1.807) is 18.2 Å². The Kier molecular flexibility index (Phi) is 4.14. The quantitative estimate of drug-likeness (QED) is 0.667. The van der Waals surface area contributed by atoms with Crippen molar-refractivity contribution in [1.29, 1.82) is 0 Å². The van der Waals surface area contributed by atoms with Gasteiger partial charge in [-0.2, -0.15) is 0 Å². The molecule has 0 aliphatic carbocycles. The third-order valence-corrected chi connectivity index (χ3v) is 7.17. The molecule has 0 radical (unpaired) electrons. The lowest BCUT2D eigenvalue weighted by molar-refractivity contribution is -0.114. The number of nitrogens with two attached hydrogens (primary N) is 1. The number of rotatable bonds is 4. The number of hydrogen-bond acceptors (Lipinski definition) is 5. The molecule has 0 fully saturated rings. The van der Waals surface area contributed by atoms with Crippen LogP contribution in [0.5, 0.6) is 0 Å². The van der Waals surface area contributed by atoms with Crippen molar-refractivity contribution in [1.82, 2.24) is 0 Å². The number of nitrogens with zero attached hydrogens (tertiary/aromatic N) is 1. The topological polar surface area (TPSA) is 127 Å². The van der Waals surface area contributed by atoms with E-state index in [4.69, 9.17) is 5.14 Å². The molecule has 3 N–H and O–H groups in total. The van der Waals surface area contributed by atoms with Crippen molar-refractivity contribution < 1.29 is 21.6 Å². The molecule has 1 aliphatic rings. The van der Waals surface area contributed by atoms with Gasteiger partial charge in [0.05, 0.1) is 15.5 Å². The van der Waals surface area contributed by atoms with Crippen LogP contribution in [0.25, 0.3) is 10.8 Å². The average Bonchev–Trinajstić information content (AvgIpc) is 2.85. The van der Waals surface area contributed by atoms with Gasteiger partial charge in [-0.05, 0) is 41.8 Å². The number of carbonyl (C=O) groups is 1.